The van der Waals surface area contributed by atoms with Crippen LogP contribution in [0.4, 0.5) is 5.69 Å². The van der Waals surface area contributed by atoms with Gasteiger partial charge >= 0.3 is 0 Å². The largest absolute Gasteiger partial charge is 0.497 e. The van der Waals surface area contributed by atoms with Gasteiger partial charge in [0.25, 0.3) is 5.91 Å². The van der Waals surface area contributed by atoms with E-state index in [1.807, 2.05) is 12.1 Å². The second kappa shape index (κ2) is 7.04. The van der Waals surface area contributed by atoms with Gasteiger partial charge in [0, 0.05) is 10.7 Å². The molecule has 4 aromatic rings. The molecule has 1 atom stereocenters. The quantitative estimate of drug-likeness (QED) is 0.459. The van der Waals surface area contributed by atoms with Crippen LogP contribution in [-0.4, -0.2) is 13.0 Å². The molecule has 30 heavy (non-hydrogen) atoms. The maximum Gasteiger partial charge on any atom is 0.295 e. The van der Waals surface area contributed by atoms with Crippen molar-refractivity contribution >= 4 is 34.2 Å². The van der Waals surface area contributed by atoms with E-state index in [0.29, 0.717) is 33.0 Å². The third kappa shape index (κ3) is 2.78. The maximum absolute atomic E-state index is 13.4. The van der Waals surface area contributed by atoms with Crippen molar-refractivity contribution in [2.75, 3.05) is 12.0 Å². The number of carbonyl (C=O) groups is 1. The Morgan fingerprint density at radius 2 is 1.73 bits per heavy atom. The SMILES string of the molecule is COc1ccc(C2c3c(oc4ccccc4c3=O)C(=O)N2c2cccc(Cl)c2)cc1. The first-order valence-electron chi connectivity index (χ1n) is 9.37. The van der Waals surface area contributed by atoms with Crippen molar-refractivity contribution in [3.8, 4) is 5.75 Å². The number of para-hydroxylation sites is 1. The Labute approximate surface area is 177 Å². The number of nitrogens with zero attached hydrogens (tertiary/aromatic N) is 1. The van der Waals surface area contributed by atoms with Crippen LogP contribution >= 0.6 is 11.6 Å². The van der Waals surface area contributed by atoms with Gasteiger partial charge in [0.1, 0.15) is 11.3 Å². The third-order valence-corrected chi connectivity index (χ3v) is 5.53. The van der Waals surface area contributed by atoms with Gasteiger partial charge in [-0.2, -0.15) is 0 Å². The molecule has 2 heterocycles. The molecule has 0 saturated heterocycles. The minimum atomic E-state index is -0.641. The summed E-state index contributed by atoms with van der Waals surface area (Å²) < 4.78 is 11.2. The van der Waals surface area contributed by atoms with Gasteiger partial charge in [0.2, 0.25) is 5.76 Å². The number of carbonyl (C=O) groups excluding carboxylic acids is 1. The summed E-state index contributed by atoms with van der Waals surface area (Å²) in [5, 5.41) is 0.935. The summed E-state index contributed by atoms with van der Waals surface area (Å²) in [4.78, 5) is 28.4. The van der Waals surface area contributed by atoms with Crippen molar-refractivity contribution in [1.29, 1.82) is 0 Å². The molecule has 0 spiro atoms. The number of hydrogen-bond acceptors (Lipinski definition) is 4. The fraction of sp³-hybridized carbons (Fsp3) is 0.0833. The van der Waals surface area contributed by atoms with E-state index in [4.69, 9.17) is 20.8 Å². The Kier molecular flexibility index (Phi) is 4.33. The molecule has 1 unspecified atom stereocenters. The zero-order valence-corrected chi connectivity index (χ0v) is 16.7. The maximum atomic E-state index is 13.4. The molecule has 1 amide bonds. The van der Waals surface area contributed by atoms with E-state index in [2.05, 4.69) is 0 Å². The summed E-state index contributed by atoms with van der Waals surface area (Å²) in [6.45, 7) is 0. The Balaban J connectivity index is 1.80. The number of halogens is 1. The van der Waals surface area contributed by atoms with Gasteiger partial charge in [0.15, 0.2) is 5.43 Å². The van der Waals surface area contributed by atoms with Crippen molar-refractivity contribution in [3.63, 3.8) is 0 Å². The van der Waals surface area contributed by atoms with Crippen molar-refractivity contribution in [2.45, 2.75) is 6.04 Å². The summed E-state index contributed by atoms with van der Waals surface area (Å²) in [6, 6.07) is 20.6. The summed E-state index contributed by atoms with van der Waals surface area (Å²) in [5.41, 5.74) is 1.85. The second-order valence-electron chi connectivity index (χ2n) is 7.00. The monoisotopic (exact) mass is 417 g/mol. The zero-order chi connectivity index (χ0) is 20.8. The molecule has 3 aromatic carbocycles. The number of rotatable bonds is 3. The first-order chi connectivity index (χ1) is 14.6. The van der Waals surface area contributed by atoms with E-state index >= 15 is 0 Å². The Bertz CT molecular complexity index is 1340. The first kappa shape index (κ1) is 18.5. The fourth-order valence-corrected chi connectivity index (χ4v) is 4.10. The first-order valence-corrected chi connectivity index (χ1v) is 9.75. The highest BCUT2D eigenvalue weighted by Gasteiger charge is 2.43. The Morgan fingerprint density at radius 1 is 0.967 bits per heavy atom. The van der Waals surface area contributed by atoms with Gasteiger partial charge in [-0.05, 0) is 48.0 Å². The second-order valence-corrected chi connectivity index (χ2v) is 7.44. The predicted octanol–water partition coefficient (Wildman–Crippen LogP) is 5.20. The van der Waals surface area contributed by atoms with Gasteiger partial charge in [-0.3, -0.25) is 14.5 Å². The van der Waals surface area contributed by atoms with E-state index in [0.717, 1.165) is 5.56 Å². The van der Waals surface area contributed by atoms with Crippen LogP contribution in [0.25, 0.3) is 11.0 Å². The van der Waals surface area contributed by atoms with Gasteiger partial charge in [-0.1, -0.05) is 41.9 Å². The van der Waals surface area contributed by atoms with Crippen LogP contribution in [0.2, 0.25) is 5.02 Å². The molecule has 1 aliphatic heterocycles. The highest BCUT2D eigenvalue weighted by Crippen LogP contribution is 2.41. The standard InChI is InChI=1S/C24H16ClNO4/c1-29-17-11-9-14(10-12-17)21-20-22(27)18-7-2-3-8-19(18)30-23(20)24(28)26(21)16-6-4-5-15(25)13-16/h2-13,21H,1H3. The minimum Gasteiger partial charge on any atom is -0.497 e. The highest BCUT2D eigenvalue weighted by atomic mass is 35.5. The molecule has 0 bridgehead atoms. The van der Waals surface area contributed by atoms with Gasteiger partial charge in [-0.25, -0.2) is 0 Å². The highest BCUT2D eigenvalue weighted by molar-refractivity contribution is 6.31. The third-order valence-electron chi connectivity index (χ3n) is 5.30. The molecule has 1 aliphatic rings. The molecule has 0 saturated carbocycles. The molecule has 5 rings (SSSR count). The summed E-state index contributed by atoms with van der Waals surface area (Å²) in [5.74, 6) is 0.360. The van der Waals surface area contributed by atoms with Crippen LogP contribution in [0.5, 0.6) is 5.75 Å². The van der Waals surface area contributed by atoms with Crippen molar-refractivity contribution in [3.05, 3.63) is 105 Å². The molecule has 1 aromatic heterocycles. The molecular formula is C24H16ClNO4. The molecule has 0 N–H and O–H groups in total. The number of fused-ring (bicyclic) bond motifs is 2. The Hall–Kier alpha value is -3.57. The van der Waals surface area contributed by atoms with Crippen molar-refractivity contribution in [2.24, 2.45) is 0 Å². The lowest BCUT2D eigenvalue weighted by molar-refractivity contribution is 0.0971. The van der Waals surface area contributed by atoms with E-state index < -0.39 is 6.04 Å². The van der Waals surface area contributed by atoms with Crippen LogP contribution in [0.3, 0.4) is 0 Å². The van der Waals surface area contributed by atoms with Crippen molar-refractivity contribution in [1.82, 2.24) is 0 Å². The number of methoxy groups -OCH3 is 1. The molecule has 0 aliphatic carbocycles. The Morgan fingerprint density at radius 3 is 2.47 bits per heavy atom. The lowest BCUT2D eigenvalue weighted by Gasteiger charge is -2.25. The fourth-order valence-electron chi connectivity index (χ4n) is 3.91. The van der Waals surface area contributed by atoms with E-state index in [1.54, 1.807) is 72.7 Å². The molecular weight excluding hydrogens is 402 g/mol. The normalized spacial score (nSPS) is 15.5. The topological polar surface area (TPSA) is 59.8 Å². The van der Waals surface area contributed by atoms with E-state index in [1.165, 1.54) is 0 Å². The number of benzene rings is 3. The average Bonchev–Trinajstić information content (AvgIpc) is 3.06. The van der Waals surface area contributed by atoms with Crippen LogP contribution in [-0.2, 0) is 0 Å². The molecule has 148 valence electrons. The predicted molar refractivity (Wildman–Crippen MR) is 116 cm³/mol. The molecule has 0 fully saturated rings. The number of ether oxygens (including phenoxy) is 1. The number of anilines is 1. The van der Waals surface area contributed by atoms with Gasteiger partial charge < -0.3 is 9.15 Å². The lowest BCUT2D eigenvalue weighted by Crippen LogP contribution is -2.29. The van der Waals surface area contributed by atoms with E-state index in [9.17, 15) is 9.59 Å². The molecule has 5 nitrogen and oxygen atoms in total. The summed E-state index contributed by atoms with van der Waals surface area (Å²) in [7, 11) is 1.59. The van der Waals surface area contributed by atoms with Crippen LogP contribution in [0, 0.1) is 0 Å². The number of hydrogen-bond donors (Lipinski definition) is 0. The smallest absolute Gasteiger partial charge is 0.295 e. The van der Waals surface area contributed by atoms with Crippen molar-refractivity contribution < 1.29 is 13.9 Å². The lowest BCUT2D eigenvalue weighted by atomic mass is 9.98. The zero-order valence-electron chi connectivity index (χ0n) is 16.0. The van der Waals surface area contributed by atoms with Gasteiger partial charge in [-0.15, -0.1) is 0 Å². The molecule has 0 radical (unpaired) electrons. The van der Waals surface area contributed by atoms with Gasteiger partial charge in [0.05, 0.1) is 24.1 Å². The van der Waals surface area contributed by atoms with E-state index in [-0.39, 0.29) is 17.1 Å². The minimum absolute atomic E-state index is 0.0551. The van der Waals surface area contributed by atoms with Crippen LogP contribution < -0.4 is 15.1 Å². The van der Waals surface area contributed by atoms with Crippen LogP contribution in [0.15, 0.2) is 82.0 Å². The van der Waals surface area contributed by atoms with Crippen LogP contribution in [0.1, 0.15) is 27.7 Å². The summed E-state index contributed by atoms with van der Waals surface area (Å²) >= 11 is 6.19. The number of amides is 1. The summed E-state index contributed by atoms with van der Waals surface area (Å²) in [6.07, 6.45) is 0. The average molecular weight is 418 g/mol. The molecule has 6 heteroatoms.